The van der Waals surface area contributed by atoms with Crippen molar-refractivity contribution >= 4 is 5.91 Å². The zero-order chi connectivity index (χ0) is 25.2. The Morgan fingerprint density at radius 2 is 1.68 bits per heavy atom. The summed E-state index contributed by atoms with van der Waals surface area (Å²) < 4.78 is 15.1. The summed E-state index contributed by atoms with van der Waals surface area (Å²) >= 11 is 0. The second-order valence-corrected chi connectivity index (χ2v) is 10.2. The van der Waals surface area contributed by atoms with Crippen LogP contribution in [-0.2, 0) is 17.9 Å². The molecule has 2 unspecified atom stereocenters. The molecule has 4 atom stereocenters. The van der Waals surface area contributed by atoms with E-state index < -0.39 is 0 Å². The van der Waals surface area contributed by atoms with Crippen LogP contribution in [0.15, 0.2) is 85.1 Å². The lowest BCUT2D eigenvalue weighted by molar-refractivity contribution is -0.133. The fourth-order valence-corrected chi connectivity index (χ4v) is 5.75. The standard InChI is InChI=1S/C30H30FN5O/c31-26-12-6-21(7-13-26)17-32-30(37)28-19-35-15-14-25(28)16-27(35)18-36-20-29(33-34-36)24-10-8-23(9-11-24)22-4-2-1-3-5-22/h1-13,20,25,27-28H,14-19H2,(H,32,37)/t25?,27-,28+/m1/s1. The van der Waals surface area contributed by atoms with Crippen LogP contribution in [0.2, 0.25) is 0 Å². The third-order valence-electron chi connectivity index (χ3n) is 7.82. The Kier molecular flexibility index (Phi) is 6.53. The van der Waals surface area contributed by atoms with E-state index in [-0.39, 0.29) is 17.6 Å². The van der Waals surface area contributed by atoms with Gasteiger partial charge in [-0.1, -0.05) is 71.9 Å². The van der Waals surface area contributed by atoms with Crippen molar-refractivity contribution in [2.75, 3.05) is 13.1 Å². The summed E-state index contributed by atoms with van der Waals surface area (Å²) in [7, 11) is 0. The number of carbonyl (C=O) groups excluding carboxylic acids is 1. The Hall–Kier alpha value is -3.84. The number of carbonyl (C=O) groups is 1. The largest absolute Gasteiger partial charge is 0.352 e. The van der Waals surface area contributed by atoms with E-state index in [2.05, 4.69) is 56.9 Å². The lowest BCUT2D eigenvalue weighted by Gasteiger charge is -2.49. The number of hydrogen-bond donors (Lipinski definition) is 1. The van der Waals surface area contributed by atoms with E-state index >= 15 is 0 Å². The van der Waals surface area contributed by atoms with Gasteiger partial charge in [0.05, 0.1) is 18.7 Å². The number of piperidine rings is 3. The van der Waals surface area contributed by atoms with Gasteiger partial charge in [0.25, 0.3) is 0 Å². The average molecular weight is 496 g/mol. The Morgan fingerprint density at radius 1 is 0.946 bits per heavy atom. The van der Waals surface area contributed by atoms with Gasteiger partial charge in [0.2, 0.25) is 5.91 Å². The maximum Gasteiger partial charge on any atom is 0.224 e. The molecule has 0 spiro atoms. The number of halogens is 1. The molecule has 0 radical (unpaired) electrons. The molecule has 3 aliphatic heterocycles. The van der Waals surface area contributed by atoms with E-state index in [0.717, 1.165) is 49.3 Å². The van der Waals surface area contributed by atoms with Crippen LogP contribution in [0.25, 0.3) is 22.4 Å². The summed E-state index contributed by atoms with van der Waals surface area (Å²) in [5.41, 5.74) is 5.20. The van der Waals surface area contributed by atoms with Crippen LogP contribution in [0.1, 0.15) is 18.4 Å². The quantitative estimate of drug-likeness (QED) is 0.401. The number of rotatable bonds is 7. The minimum absolute atomic E-state index is 0.000107. The molecule has 3 fully saturated rings. The molecule has 3 aromatic carbocycles. The minimum Gasteiger partial charge on any atom is -0.352 e. The predicted octanol–water partition coefficient (Wildman–Crippen LogP) is 4.78. The average Bonchev–Trinajstić information content (AvgIpc) is 3.42. The lowest BCUT2D eigenvalue weighted by atomic mass is 9.75. The van der Waals surface area contributed by atoms with Crippen molar-refractivity contribution in [3.63, 3.8) is 0 Å². The van der Waals surface area contributed by atoms with Gasteiger partial charge in [0.1, 0.15) is 11.5 Å². The number of fused-ring (bicyclic) bond motifs is 3. The van der Waals surface area contributed by atoms with Gasteiger partial charge in [-0.15, -0.1) is 5.10 Å². The van der Waals surface area contributed by atoms with Crippen LogP contribution in [0, 0.1) is 17.7 Å². The molecule has 188 valence electrons. The van der Waals surface area contributed by atoms with E-state index in [1.807, 2.05) is 29.1 Å². The fraction of sp³-hybridized carbons (Fsp3) is 0.300. The third kappa shape index (κ3) is 5.18. The lowest BCUT2D eigenvalue weighted by Crippen LogP contribution is -2.57. The summed E-state index contributed by atoms with van der Waals surface area (Å²) in [6, 6.07) is 25.4. The molecule has 0 saturated carbocycles. The van der Waals surface area contributed by atoms with Crippen molar-refractivity contribution in [3.8, 4) is 22.4 Å². The second kappa shape index (κ2) is 10.3. The van der Waals surface area contributed by atoms with Gasteiger partial charge in [-0.05, 0) is 54.1 Å². The van der Waals surface area contributed by atoms with Crippen LogP contribution in [0.3, 0.4) is 0 Å². The van der Waals surface area contributed by atoms with Gasteiger partial charge in [0, 0.05) is 24.7 Å². The van der Waals surface area contributed by atoms with Gasteiger partial charge in [-0.2, -0.15) is 0 Å². The molecule has 1 N–H and O–H groups in total. The molecular weight excluding hydrogens is 465 g/mol. The van der Waals surface area contributed by atoms with Crippen molar-refractivity contribution in [3.05, 3.63) is 96.4 Å². The summed E-state index contributed by atoms with van der Waals surface area (Å²) in [6.45, 7) is 2.99. The van der Waals surface area contributed by atoms with E-state index in [4.69, 9.17) is 0 Å². The summed E-state index contributed by atoms with van der Waals surface area (Å²) in [6.07, 6.45) is 4.05. The van der Waals surface area contributed by atoms with Crippen molar-refractivity contribution < 1.29 is 9.18 Å². The van der Waals surface area contributed by atoms with E-state index in [1.54, 1.807) is 12.1 Å². The van der Waals surface area contributed by atoms with Crippen molar-refractivity contribution in [2.24, 2.45) is 11.8 Å². The van der Waals surface area contributed by atoms with Gasteiger partial charge < -0.3 is 5.32 Å². The number of benzene rings is 3. The maximum atomic E-state index is 13.1. The topological polar surface area (TPSA) is 63.1 Å². The van der Waals surface area contributed by atoms with E-state index in [1.165, 1.54) is 23.3 Å². The summed E-state index contributed by atoms with van der Waals surface area (Å²) in [4.78, 5) is 15.4. The highest BCUT2D eigenvalue weighted by Crippen LogP contribution is 2.37. The molecule has 7 heteroatoms. The maximum absolute atomic E-state index is 13.1. The molecule has 6 nitrogen and oxygen atoms in total. The molecule has 1 amide bonds. The first-order valence-electron chi connectivity index (χ1n) is 12.9. The van der Waals surface area contributed by atoms with Crippen LogP contribution in [-0.4, -0.2) is 44.9 Å². The van der Waals surface area contributed by atoms with Gasteiger partial charge in [-0.3, -0.25) is 14.4 Å². The van der Waals surface area contributed by atoms with Crippen LogP contribution in [0.4, 0.5) is 4.39 Å². The first kappa shape index (κ1) is 23.6. The molecule has 1 aromatic heterocycles. The van der Waals surface area contributed by atoms with Gasteiger partial charge in [0.15, 0.2) is 0 Å². The normalized spacial score (nSPS) is 22.6. The molecule has 4 heterocycles. The van der Waals surface area contributed by atoms with Crippen LogP contribution >= 0.6 is 0 Å². The van der Waals surface area contributed by atoms with Crippen molar-refractivity contribution in [1.82, 2.24) is 25.2 Å². The SMILES string of the molecule is O=C(NCc1ccc(F)cc1)[C@H]1CN2CCC1C[C@@H]2Cn1cc(-c2ccc(-c3ccccc3)cc2)nn1. The minimum atomic E-state index is -0.265. The molecule has 37 heavy (non-hydrogen) atoms. The number of nitrogens with one attached hydrogen (secondary N) is 1. The molecule has 0 aliphatic carbocycles. The Balaban J connectivity index is 1.05. The van der Waals surface area contributed by atoms with Crippen molar-refractivity contribution in [1.29, 1.82) is 0 Å². The van der Waals surface area contributed by atoms with E-state index in [0.29, 0.717) is 18.5 Å². The molecule has 2 bridgehead atoms. The zero-order valence-corrected chi connectivity index (χ0v) is 20.6. The number of aromatic nitrogens is 3. The molecule has 3 aliphatic rings. The number of amides is 1. The summed E-state index contributed by atoms with van der Waals surface area (Å²) in [5.74, 6) is 0.204. The Bertz CT molecular complexity index is 1350. The smallest absolute Gasteiger partial charge is 0.224 e. The fourth-order valence-electron chi connectivity index (χ4n) is 5.75. The number of hydrogen-bond acceptors (Lipinski definition) is 4. The predicted molar refractivity (Wildman–Crippen MR) is 141 cm³/mol. The zero-order valence-electron chi connectivity index (χ0n) is 20.6. The highest BCUT2D eigenvalue weighted by Gasteiger charge is 2.43. The second-order valence-electron chi connectivity index (χ2n) is 10.2. The van der Waals surface area contributed by atoms with Gasteiger partial charge in [-0.25, -0.2) is 4.39 Å². The molecular formula is C30H30FN5O. The third-order valence-corrected chi connectivity index (χ3v) is 7.82. The van der Waals surface area contributed by atoms with Crippen LogP contribution in [0.5, 0.6) is 0 Å². The Labute approximate surface area is 216 Å². The molecule has 4 aromatic rings. The highest BCUT2D eigenvalue weighted by molar-refractivity contribution is 5.79. The molecule has 3 saturated heterocycles. The monoisotopic (exact) mass is 495 g/mol. The van der Waals surface area contributed by atoms with E-state index in [9.17, 15) is 9.18 Å². The van der Waals surface area contributed by atoms with Gasteiger partial charge >= 0.3 is 0 Å². The first-order chi connectivity index (χ1) is 18.1. The highest BCUT2D eigenvalue weighted by atomic mass is 19.1. The van der Waals surface area contributed by atoms with Crippen molar-refractivity contribution in [2.45, 2.75) is 32.0 Å². The summed E-state index contributed by atoms with van der Waals surface area (Å²) in [5, 5.41) is 11.9. The molecule has 7 rings (SSSR count). The number of nitrogens with zero attached hydrogens (tertiary/aromatic N) is 4. The first-order valence-corrected chi connectivity index (χ1v) is 12.9. The van der Waals surface area contributed by atoms with Crippen LogP contribution < -0.4 is 5.32 Å². The Morgan fingerprint density at radius 3 is 2.41 bits per heavy atom.